The molecule has 4 nitrogen and oxygen atoms in total. The van der Waals surface area contributed by atoms with Gasteiger partial charge >= 0.3 is 6.03 Å². The van der Waals surface area contributed by atoms with E-state index in [0.29, 0.717) is 15.7 Å². The molecule has 0 spiro atoms. The number of nitrogens with zero attached hydrogens (tertiary/aromatic N) is 1. The number of pyridine rings is 1. The van der Waals surface area contributed by atoms with Gasteiger partial charge in [-0.25, -0.2) is 9.18 Å². The third-order valence-electron chi connectivity index (χ3n) is 3.37. The van der Waals surface area contributed by atoms with Crippen molar-refractivity contribution < 1.29 is 9.18 Å². The number of nitrogens with one attached hydrogen (secondary N) is 2. The van der Waals surface area contributed by atoms with Crippen molar-refractivity contribution in [1.29, 1.82) is 0 Å². The van der Waals surface area contributed by atoms with Gasteiger partial charge in [-0.05, 0) is 45.8 Å². The highest BCUT2D eigenvalue weighted by molar-refractivity contribution is 9.10. The van der Waals surface area contributed by atoms with Gasteiger partial charge in [-0.3, -0.25) is 4.98 Å². The van der Waals surface area contributed by atoms with Crippen LogP contribution in [0, 0.1) is 5.82 Å². The van der Waals surface area contributed by atoms with Crippen molar-refractivity contribution in [2.45, 2.75) is 6.54 Å². The Hall–Kier alpha value is -2.47. The lowest BCUT2D eigenvalue weighted by atomic mass is 10.1. The number of hydrogen-bond acceptors (Lipinski definition) is 2. The number of carbonyl (C=O) groups is 1. The van der Waals surface area contributed by atoms with Crippen molar-refractivity contribution in [2.24, 2.45) is 0 Å². The molecule has 2 aromatic carbocycles. The van der Waals surface area contributed by atoms with Gasteiger partial charge in [0.1, 0.15) is 5.82 Å². The molecule has 0 fully saturated rings. The molecule has 0 radical (unpaired) electrons. The fraction of sp³-hybridized carbons (Fsp3) is 0.0588. The molecule has 1 aromatic heterocycles. The van der Waals surface area contributed by atoms with Crippen LogP contribution < -0.4 is 10.6 Å². The van der Waals surface area contributed by atoms with Crippen molar-refractivity contribution in [3.05, 3.63) is 70.7 Å². The monoisotopic (exact) mass is 373 g/mol. The van der Waals surface area contributed by atoms with Gasteiger partial charge in [-0.1, -0.05) is 18.2 Å². The van der Waals surface area contributed by atoms with E-state index in [1.54, 1.807) is 24.5 Å². The fourth-order valence-corrected chi connectivity index (χ4v) is 2.48. The Morgan fingerprint density at radius 1 is 1.22 bits per heavy atom. The quantitative estimate of drug-likeness (QED) is 0.711. The van der Waals surface area contributed by atoms with Crippen LogP contribution in [0.3, 0.4) is 0 Å². The zero-order valence-electron chi connectivity index (χ0n) is 12.0. The van der Waals surface area contributed by atoms with Gasteiger partial charge in [0.25, 0.3) is 0 Å². The number of fused-ring (bicyclic) bond motifs is 1. The van der Waals surface area contributed by atoms with E-state index >= 15 is 0 Å². The van der Waals surface area contributed by atoms with Crippen LogP contribution in [-0.4, -0.2) is 11.0 Å². The normalized spacial score (nSPS) is 10.5. The van der Waals surface area contributed by atoms with Gasteiger partial charge in [0, 0.05) is 29.7 Å². The van der Waals surface area contributed by atoms with Crippen LogP contribution in [0.25, 0.3) is 10.8 Å². The second-order valence-electron chi connectivity index (χ2n) is 4.96. The molecular weight excluding hydrogens is 361 g/mol. The zero-order valence-corrected chi connectivity index (χ0v) is 13.6. The van der Waals surface area contributed by atoms with E-state index < -0.39 is 0 Å². The van der Waals surface area contributed by atoms with Crippen molar-refractivity contribution in [2.75, 3.05) is 5.32 Å². The number of halogens is 2. The minimum atomic E-state index is -0.355. The van der Waals surface area contributed by atoms with E-state index in [2.05, 4.69) is 31.5 Å². The van der Waals surface area contributed by atoms with Gasteiger partial charge in [-0.15, -0.1) is 0 Å². The Morgan fingerprint density at radius 2 is 2.09 bits per heavy atom. The maximum absolute atomic E-state index is 13.4. The molecule has 0 aliphatic heterocycles. The number of hydrogen-bond donors (Lipinski definition) is 2. The molecule has 0 atom stereocenters. The summed E-state index contributed by atoms with van der Waals surface area (Å²) in [5, 5.41) is 7.37. The number of aromatic nitrogens is 1. The summed E-state index contributed by atoms with van der Waals surface area (Å²) < 4.78 is 13.8. The van der Waals surface area contributed by atoms with E-state index in [9.17, 15) is 9.18 Å². The Kier molecular flexibility index (Phi) is 4.52. The predicted octanol–water partition coefficient (Wildman–Crippen LogP) is 4.46. The average molecular weight is 374 g/mol. The van der Waals surface area contributed by atoms with Crippen LogP contribution in [0.5, 0.6) is 0 Å². The van der Waals surface area contributed by atoms with Crippen LogP contribution in [0.4, 0.5) is 14.9 Å². The highest BCUT2D eigenvalue weighted by atomic mass is 79.9. The highest BCUT2D eigenvalue weighted by Gasteiger charge is 2.06. The molecule has 0 saturated carbocycles. The summed E-state index contributed by atoms with van der Waals surface area (Å²) in [5.41, 5.74) is 1.38. The van der Waals surface area contributed by atoms with Crippen molar-refractivity contribution in [3.8, 4) is 0 Å². The third-order valence-corrected chi connectivity index (χ3v) is 4.01. The summed E-state index contributed by atoms with van der Waals surface area (Å²) in [6.07, 6.45) is 3.42. The number of rotatable bonds is 3. The SMILES string of the molecule is O=C(NCc1ccc(Br)c(F)c1)Nc1cccc2cnccc12. The molecule has 1 heterocycles. The van der Waals surface area contributed by atoms with Gasteiger partial charge in [0.2, 0.25) is 0 Å². The second kappa shape index (κ2) is 6.75. The molecule has 3 rings (SSSR count). The summed E-state index contributed by atoms with van der Waals surface area (Å²) in [6, 6.07) is 11.8. The molecule has 23 heavy (non-hydrogen) atoms. The first-order valence-electron chi connectivity index (χ1n) is 6.95. The van der Waals surface area contributed by atoms with Gasteiger partial charge < -0.3 is 10.6 Å². The zero-order chi connectivity index (χ0) is 16.2. The predicted molar refractivity (Wildman–Crippen MR) is 91.7 cm³/mol. The van der Waals surface area contributed by atoms with Gasteiger partial charge in [-0.2, -0.15) is 0 Å². The minimum absolute atomic E-state index is 0.238. The van der Waals surface area contributed by atoms with E-state index in [1.807, 2.05) is 24.3 Å². The lowest BCUT2D eigenvalue weighted by Crippen LogP contribution is -2.28. The van der Waals surface area contributed by atoms with Crippen LogP contribution in [0.1, 0.15) is 5.56 Å². The maximum atomic E-state index is 13.4. The summed E-state index contributed by atoms with van der Waals surface area (Å²) in [4.78, 5) is 16.1. The third kappa shape index (κ3) is 3.65. The van der Waals surface area contributed by atoms with Gasteiger partial charge in [0.05, 0.1) is 10.2 Å². The Labute approximate surface area is 140 Å². The molecule has 3 aromatic rings. The summed E-state index contributed by atoms with van der Waals surface area (Å²) in [6.45, 7) is 0.238. The second-order valence-corrected chi connectivity index (χ2v) is 5.81. The summed E-state index contributed by atoms with van der Waals surface area (Å²) in [5.74, 6) is -0.355. The summed E-state index contributed by atoms with van der Waals surface area (Å²) in [7, 11) is 0. The minimum Gasteiger partial charge on any atom is -0.334 e. The van der Waals surface area contributed by atoms with Gasteiger partial charge in [0.15, 0.2) is 0 Å². The largest absolute Gasteiger partial charge is 0.334 e. The molecule has 2 N–H and O–H groups in total. The first-order valence-corrected chi connectivity index (χ1v) is 7.74. The van der Waals surface area contributed by atoms with E-state index in [0.717, 1.165) is 10.8 Å². The molecule has 0 saturated heterocycles. The first kappa shape index (κ1) is 15.4. The van der Waals surface area contributed by atoms with E-state index in [1.165, 1.54) is 6.07 Å². The van der Waals surface area contributed by atoms with Crippen LogP contribution >= 0.6 is 15.9 Å². The maximum Gasteiger partial charge on any atom is 0.319 e. The molecule has 0 bridgehead atoms. The van der Waals surface area contributed by atoms with Crippen LogP contribution in [0.15, 0.2) is 59.3 Å². The number of amides is 2. The van der Waals surface area contributed by atoms with Crippen LogP contribution in [0.2, 0.25) is 0 Å². The lowest BCUT2D eigenvalue weighted by molar-refractivity contribution is 0.251. The first-order chi connectivity index (χ1) is 11.1. The molecular formula is C17H13BrFN3O. The van der Waals surface area contributed by atoms with Crippen molar-refractivity contribution >= 4 is 38.4 Å². The fourth-order valence-electron chi connectivity index (χ4n) is 2.23. The molecule has 0 aliphatic carbocycles. The molecule has 2 amide bonds. The Bertz CT molecular complexity index is 864. The molecule has 6 heteroatoms. The number of benzene rings is 2. The Balaban J connectivity index is 1.68. The number of anilines is 1. The number of urea groups is 1. The summed E-state index contributed by atoms with van der Waals surface area (Å²) >= 11 is 3.10. The van der Waals surface area contributed by atoms with E-state index in [4.69, 9.17) is 0 Å². The molecule has 0 aliphatic rings. The van der Waals surface area contributed by atoms with Crippen LogP contribution in [-0.2, 0) is 6.54 Å². The Morgan fingerprint density at radius 3 is 2.91 bits per heavy atom. The average Bonchev–Trinajstić information content (AvgIpc) is 2.56. The lowest BCUT2D eigenvalue weighted by Gasteiger charge is -2.10. The van der Waals surface area contributed by atoms with Crippen molar-refractivity contribution in [1.82, 2.24) is 10.3 Å². The molecule has 0 unspecified atom stereocenters. The van der Waals surface area contributed by atoms with E-state index in [-0.39, 0.29) is 18.4 Å². The standard InChI is InChI=1S/C17H13BrFN3O/c18-14-5-4-11(8-15(14)19)9-21-17(23)22-16-3-1-2-12-10-20-7-6-13(12)16/h1-8,10H,9H2,(H2,21,22,23). The highest BCUT2D eigenvalue weighted by Crippen LogP contribution is 2.22. The molecule has 116 valence electrons. The number of carbonyl (C=O) groups excluding carboxylic acids is 1. The smallest absolute Gasteiger partial charge is 0.319 e. The van der Waals surface area contributed by atoms with Crippen molar-refractivity contribution in [3.63, 3.8) is 0 Å². The topological polar surface area (TPSA) is 54.0 Å².